The molecule has 2 aliphatic heterocycles. The predicted molar refractivity (Wildman–Crippen MR) is 92.5 cm³/mol. The van der Waals surface area contributed by atoms with Gasteiger partial charge in [0, 0.05) is 31.5 Å². The normalized spacial score (nSPS) is 28.0. The van der Waals surface area contributed by atoms with Gasteiger partial charge < -0.3 is 14.5 Å². The lowest BCUT2D eigenvalue weighted by molar-refractivity contribution is -0.140. The van der Waals surface area contributed by atoms with Crippen molar-refractivity contribution in [1.82, 2.24) is 9.80 Å². The highest BCUT2D eigenvalue weighted by molar-refractivity contribution is 5.78. The molecule has 0 aromatic heterocycles. The van der Waals surface area contributed by atoms with Crippen molar-refractivity contribution in [2.24, 2.45) is 5.92 Å². The van der Waals surface area contributed by atoms with Gasteiger partial charge in [-0.05, 0) is 40.0 Å². The second-order valence-corrected chi connectivity index (χ2v) is 7.96. The van der Waals surface area contributed by atoms with Gasteiger partial charge in [-0.25, -0.2) is 4.79 Å². The predicted octanol–water partition coefficient (Wildman–Crippen LogP) is 3.12. The van der Waals surface area contributed by atoms with E-state index >= 15 is 0 Å². The molecule has 0 aromatic carbocycles. The maximum atomic E-state index is 12.5. The summed E-state index contributed by atoms with van der Waals surface area (Å²) in [4.78, 5) is 28.6. The summed E-state index contributed by atoms with van der Waals surface area (Å²) in [5, 5.41) is 0. The lowest BCUT2D eigenvalue weighted by atomic mass is 9.83. The van der Waals surface area contributed by atoms with Crippen molar-refractivity contribution in [1.29, 1.82) is 0 Å². The summed E-state index contributed by atoms with van der Waals surface area (Å²) in [5.41, 5.74) is -0.469. The average molecular weight is 332 g/mol. The molecule has 1 aliphatic carbocycles. The molecule has 3 aliphatic rings. The number of fused-ring (bicyclic) bond motifs is 1. The van der Waals surface area contributed by atoms with E-state index in [0.717, 1.165) is 19.3 Å². The van der Waals surface area contributed by atoms with Crippen molar-refractivity contribution in [3.63, 3.8) is 0 Å². The molecule has 0 saturated carbocycles. The number of piperidine rings is 2. The van der Waals surface area contributed by atoms with E-state index in [1.165, 1.54) is 0 Å². The highest BCUT2D eigenvalue weighted by Gasteiger charge is 2.39. The fourth-order valence-electron chi connectivity index (χ4n) is 3.89. The van der Waals surface area contributed by atoms with Crippen LogP contribution < -0.4 is 0 Å². The Morgan fingerprint density at radius 1 is 1.12 bits per heavy atom. The molecule has 0 N–H and O–H groups in total. The van der Waals surface area contributed by atoms with E-state index in [2.05, 4.69) is 23.1 Å². The number of rotatable bonds is 1. The first-order chi connectivity index (χ1) is 11.3. The summed E-state index contributed by atoms with van der Waals surface area (Å²) in [7, 11) is 0. The topological polar surface area (TPSA) is 49.9 Å². The van der Waals surface area contributed by atoms with Crippen LogP contribution in [0.4, 0.5) is 4.79 Å². The van der Waals surface area contributed by atoms with Gasteiger partial charge in [0.1, 0.15) is 5.60 Å². The van der Waals surface area contributed by atoms with Crippen LogP contribution in [0.15, 0.2) is 24.3 Å². The SMILES string of the molecule is CC(C)(C)OC(=O)N1CCC(N2C(=O)CCC3C=CC=CC32)CC1. The second kappa shape index (κ2) is 6.61. The molecule has 5 heteroatoms. The Kier molecular flexibility index (Phi) is 4.70. The first kappa shape index (κ1) is 17.1. The molecule has 0 spiro atoms. The van der Waals surface area contributed by atoms with E-state index in [4.69, 9.17) is 4.74 Å². The fourth-order valence-corrected chi connectivity index (χ4v) is 3.89. The van der Waals surface area contributed by atoms with Crippen LogP contribution in [-0.4, -0.2) is 52.6 Å². The Morgan fingerprint density at radius 3 is 2.46 bits per heavy atom. The van der Waals surface area contributed by atoms with Gasteiger partial charge in [-0.2, -0.15) is 0 Å². The number of allylic oxidation sites excluding steroid dienone is 2. The first-order valence-electron chi connectivity index (χ1n) is 8.99. The van der Waals surface area contributed by atoms with Gasteiger partial charge in [0.05, 0.1) is 6.04 Å². The lowest BCUT2D eigenvalue weighted by Crippen LogP contribution is -2.56. The van der Waals surface area contributed by atoms with Gasteiger partial charge in [0.2, 0.25) is 5.91 Å². The number of amides is 2. The van der Waals surface area contributed by atoms with Crippen LogP contribution >= 0.6 is 0 Å². The molecule has 2 fully saturated rings. The number of hydrogen-bond acceptors (Lipinski definition) is 3. The Balaban J connectivity index is 1.61. The Hall–Kier alpha value is -1.78. The molecule has 2 unspecified atom stereocenters. The molecular weight excluding hydrogens is 304 g/mol. The van der Waals surface area contributed by atoms with Crippen LogP contribution in [0.5, 0.6) is 0 Å². The number of carbonyl (C=O) groups excluding carboxylic acids is 2. The van der Waals surface area contributed by atoms with E-state index in [1.54, 1.807) is 4.90 Å². The largest absolute Gasteiger partial charge is 0.444 e. The van der Waals surface area contributed by atoms with Crippen LogP contribution in [0.2, 0.25) is 0 Å². The third-order valence-corrected chi connectivity index (χ3v) is 5.03. The minimum Gasteiger partial charge on any atom is -0.444 e. The van der Waals surface area contributed by atoms with E-state index in [0.29, 0.717) is 25.4 Å². The van der Waals surface area contributed by atoms with Gasteiger partial charge >= 0.3 is 6.09 Å². The lowest BCUT2D eigenvalue weighted by Gasteiger charge is -2.46. The van der Waals surface area contributed by atoms with Gasteiger partial charge in [-0.1, -0.05) is 24.3 Å². The molecule has 0 aromatic rings. The van der Waals surface area contributed by atoms with Crippen molar-refractivity contribution in [2.75, 3.05) is 13.1 Å². The van der Waals surface area contributed by atoms with Gasteiger partial charge in [-0.15, -0.1) is 0 Å². The zero-order valence-corrected chi connectivity index (χ0v) is 14.9. The van der Waals surface area contributed by atoms with E-state index in [-0.39, 0.29) is 24.1 Å². The standard InChI is InChI=1S/C19H28N2O3/c1-19(2,3)24-18(23)20-12-10-15(11-13-20)21-16-7-5-4-6-14(16)8-9-17(21)22/h4-7,14-16H,8-13H2,1-3H3. The van der Waals surface area contributed by atoms with E-state index in [9.17, 15) is 9.59 Å². The summed E-state index contributed by atoms with van der Waals surface area (Å²) >= 11 is 0. The number of ether oxygens (including phenoxy) is 1. The highest BCUT2D eigenvalue weighted by Crippen LogP contribution is 2.33. The maximum Gasteiger partial charge on any atom is 0.410 e. The van der Waals surface area contributed by atoms with Gasteiger partial charge in [0.15, 0.2) is 0 Å². The Bertz CT molecular complexity index is 553. The fraction of sp³-hybridized carbons (Fsp3) is 0.684. The van der Waals surface area contributed by atoms with Crippen LogP contribution in [0.1, 0.15) is 46.5 Å². The third kappa shape index (κ3) is 3.65. The first-order valence-corrected chi connectivity index (χ1v) is 8.99. The van der Waals surface area contributed by atoms with Crippen LogP contribution in [0, 0.1) is 5.92 Å². The summed E-state index contributed by atoms with van der Waals surface area (Å²) < 4.78 is 5.45. The zero-order valence-electron chi connectivity index (χ0n) is 14.9. The number of likely N-dealkylation sites (tertiary alicyclic amines) is 2. The van der Waals surface area contributed by atoms with Gasteiger partial charge in [0.25, 0.3) is 0 Å². The summed E-state index contributed by atoms with van der Waals surface area (Å²) in [6.45, 7) is 6.95. The van der Waals surface area contributed by atoms with E-state index < -0.39 is 5.60 Å². The molecule has 132 valence electrons. The minimum atomic E-state index is -0.469. The molecule has 0 radical (unpaired) electrons. The molecule has 2 saturated heterocycles. The number of carbonyl (C=O) groups is 2. The maximum absolute atomic E-state index is 12.5. The van der Waals surface area contributed by atoms with E-state index in [1.807, 2.05) is 26.8 Å². The van der Waals surface area contributed by atoms with Crippen molar-refractivity contribution in [2.45, 2.75) is 64.1 Å². The molecule has 2 amide bonds. The van der Waals surface area contributed by atoms with Crippen LogP contribution in [0.3, 0.4) is 0 Å². The van der Waals surface area contributed by atoms with Crippen LogP contribution in [-0.2, 0) is 9.53 Å². The third-order valence-electron chi connectivity index (χ3n) is 5.03. The average Bonchev–Trinajstić information content (AvgIpc) is 2.53. The molecule has 2 atom stereocenters. The Morgan fingerprint density at radius 2 is 1.79 bits per heavy atom. The number of nitrogens with zero attached hydrogens (tertiary/aromatic N) is 2. The van der Waals surface area contributed by atoms with Crippen LogP contribution in [0.25, 0.3) is 0 Å². The molecule has 0 bridgehead atoms. The summed E-state index contributed by atoms with van der Waals surface area (Å²) in [5.74, 6) is 0.698. The van der Waals surface area contributed by atoms with Crippen molar-refractivity contribution < 1.29 is 14.3 Å². The molecule has 5 nitrogen and oxygen atoms in total. The second-order valence-electron chi connectivity index (χ2n) is 7.96. The zero-order chi connectivity index (χ0) is 17.3. The Labute approximate surface area is 144 Å². The summed E-state index contributed by atoms with van der Waals surface area (Å²) in [6, 6.07) is 0.412. The molecule has 24 heavy (non-hydrogen) atoms. The highest BCUT2D eigenvalue weighted by atomic mass is 16.6. The smallest absolute Gasteiger partial charge is 0.410 e. The quantitative estimate of drug-likeness (QED) is 0.741. The number of hydrogen-bond donors (Lipinski definition) is 0. The van der Waals surface area contributed by atoms with Gasteiger partial charge in [-0.3, -0.25) is 4.79 Å². The molecule has 2 heterocycles. The molecular formula is C19H28N2O3. The molecule has 3 rings (SSSR count). The van der Waals surface area contributed by atoms with Crippen molar-refractivity contribution in [3.8, 4) is 0 Å². The summed E-state index contributed by atoms with van der Waals surface area (Å²) in [6.07, 6.45) is 11.5. The minimum absolute atomic E-state index is 0.189. The monoisotopic (exact) mass is 332 g/mol. The van der Waals surface area contributed by atoms with Crippen molar-refractivity contribution >= 4 is 12.0 Å². The van der Waals surface area contributed by atoms with Crippen molar-refractivity contribution in [3.05, 3.63) is 24.3 Å².